The molecule has 5 aliphatic heterocycles. The molecular weight excluding hydrogens is 797 g/mol. The van der Waals surface area contributed by atoms with Crippen LogP contribution in [-0.4, -0.2) is 83.3 Å². The van der Waals surface area contributed by atoms with Crippen LogP contribution in [0.4, 0.5) is 0 Å². The van der Waals surface area contributed by atoms with Gasteiger partial charge in [-0.2, -0.15) is 0 Å². The van der Waals surface area contributed by atoms with Crippen LogP contribution in [0, 0.1) is 63.6 Å². The molecule has 5 aliphatic carbocycles. The number of hydrogen-bond acceptors (Lipinski definition) is 10. The first-order valence-electron chi connectivity index (χ1n) is 25.1. The number of aliphatic hydroxyl groups is 2. The van der Waals surface area contributed by atoms with E-state index in [0.717, 1.165) is 88.2 Å². The minimum Gasteiger partial charge on any atom is -0.504 e. The van der Waals surface area contributed by atoms with Crippen LogP contribution in [0.15, 0.2) is 12.1 Å². The predicted octanol–water partition coefficient (Wildman–Crippen LogP) is 7.18. The molecule has 1 aromatic rings. The number of aromatic hydroxyl groups is 1. The van der Waals surface area contributed by atoms with Crippen molar-refractivity contribution >= 4 is 17.8 Å². The lowest BCUT2D eigenvalue weighted by Gasteiger charge is -2.57. The zero-order valence-corrected chi connectivity index (χ0v) is 37.8. The van der Waals surface area contributed by atoms with Crippen molar-refractivity contribution in [2.45, 2.75) is 178 Å². The van der Waals surface area contributed by atoms with Gasteiger partial charge in [-0.15, -0.1) is 5.92 Å². The Labute approximate surface area is 373 Å². The summed E-state index contributed by atoms with van der Waals surface area (Å²) in [5.41, 5.74) is -0.498. The third kappa shape index (κ3) is 7.12. The number of ether oxygens (including phenoxy) is 3. The van der Waals surface area contributed by atoms with Crippen LogP contribution in [-0.2, 0) is 23.9 Å². The number of phenols is 1. The molecule has 11 nitrogen and oxygen atoms in total. The molecule has 0 radical (unpaired) electrons. The Morgan fingerprint density at radius 2 is 1.75 bits per heavy atom. The van der Waals surface area contributed by atoms with Gasteiger partial charge in [0.25, 0.3) is 0 Å². The lowest BCUT2D eigenvalue weighted by atomic mass is 9.50. The number of nitrogens with one attached hydrogen (secondary N) is 2. The van der Waals surface area contributed by atoms with E-state index in [0.29, 0.717) is 76.8 Å². The highest BCUT2D eigenvalue weighted by Gasteiger charge is 2.65. The second-order valence-corrected chi connectivity index (χ2v) is 22.2. The second-order valence-electron chi connectivity index (χ2n) is 22.2. The first-order chi connectivity index (χ1) is 30.4. The largest absolute Gasteiger partial charge is 0.504 e. The molecule has 3 spiro atoms. The van der Waals surface area contributed by atoms with Gasteiger partial charge < -0.3 is 40.2 Å². The second kappa shape index (κ2) is 16.8. The number of fused-ring (bicyclic) bond motifs is 6. The van der Waals surface area contributed by atoms with Gasteiger partial charge in [0, 0.05) is 60.0 Å². The van der Waals surface area contributed by atoms with Crippen LogP contribution in [0.2, 0.25) is 0 Å². The van der Waals surface area contributed by atoms with E-state index in [9.17, 15) is 24.9 Å². The summed E-state index contributed by atoms with van der Waals surface area (Å²) in [4.78, 5) is 44.0. The standard InChI is InChI=1S/C52H72N2O9/c1-31(56)25-33-9-7-10-34-27-39-40(49(30-55)17-5-6-18-49)29-61-45-41(58)16-15-38(43(39)45)44(34)50(21-23-53-24-22-50)46-37(42(26-33)62-32(2)57)14-13-35-12-8-19-51(35)28-36-11-3-4-20-52(36,48(60)63-46)54-47(51)59/h15-16,31,33-37,39-40,42,44,46,53,55-56,58H,3-6,8-9,11-14,17-30H2,1-2H3,(H,54,59). The Hall–Kier alpha value is -3.33. The van der Waals surface area contributed by atoms with E-state index >= 15 is 4.79 Å². The molecule has 63 heavy (non-hydrogen) atoms. The Balaban J connectivity index is 1.20. The number of esters is 2. The third-order valence-electron chi connectivity index (χ3n) is 19.1. The molecule has 1 aromatic carbocycles. The summed E-state index contributed by atoms with van der Waals surface area (Å²) in [5, 5.41) is 40.8. The van der Waals surface area contributed by atoms with Crippen molar-refractivity contribution in [1.82, 2.24) is 10.6 Å². The molecule has 5 N–H and O–H groups in total. The molecule has 7 fully saturated rings. The molecular formula is C52H72N2O9. The Bertz CT molecular complexity index is 1990. The van der Waals surface area contributed by atoms with E-state index in [2.05, 4.69) is 28.5 Å². The number of aliphatic hydroxyl groups excluding tert-OH is 2. The van der Waals surface area contributed by atoms with Crippen molar-refractivity contribution in [3.63, 3.8) is 0 Å². The van der Waals surface area contributed by atoms with Crippen LogP contribution in [0.25, 0.3) is 0 Å². The fraction of sp³-hybridized carbons (Fsp3) is 0.788. The van der Waals surface area contributed by atoms with E-state index in [-0.39, 0.29) is 83.0 Å². The van der Waals surface area contributed by atoms with Crippen LogP contribution in [0.5, 0.6) is 11.5 Å². The van der Waals surface area contributed by atoms with Crippen molar-refractivity contribution in [3.05, 3.63) is 23.3 Å². The molecule has 13 unspecified atom stereocenters. The molecule has 344 valence electrons. The number of amides is 1. The summed E-state index contributed by atoms with van der Waals surface area (Å²) in [6, 6.07) is 3.87. The summed E-state index contributed by atoms with van der Waals surface area (Å²) in [5.74, 6) is 6.88. The van der Waals surface area contributed by atoms with Crippen LogP contribution < -0.4 is 15.4 Å². The molecule has 11 rings (SSSR count). The van der Waals surface area contributed by atoms with E-state index in [1.807, 2.05) is 6.92 Å². The number of carbonyl (C=O) groups excluding carboxylic acids is 3. The number of hydrogen-bond donors (Lipinski definition) is 5. The fourth-order valence-electron chi connectivity index (χ4n) is 16.4. The van der Waals surface area contributed by atoms with E-state index in [1.165, 1.54) is 6.92 Å². The Morgan fingerprint density at radius 3 is 2.51 bits per heavy atom. The summed E-state index contributed by atoms with van der Waals surface area (Å²) in [6.07, 6.45) is 13.9. The maximum absolute atomic E-state index is 15.8. The summed E-state index contributed by atoms with van der Waals surface area (Å²) in [7, 11) is 0. The molecule has 13 atom stereocenters. The molecule has 1 amide bonds. The predicted molar refractivity (Wildman–Crippen MR) is 235 cm³/mol. The number of carbonyl (C=O) groups is 3. The highest BCUT2D eigenvalue weighted by molar-refractivity contribution is 5.93. The van der Waals surface area contributed by atoms with E-state index in [4.69, 9.17) is 14.2 Å². The summed E-state index contributed by atoms with van der Waals surface area (Å²) < 4.78 is 20.7. The molecule has 4 saturated heterocycles. The minimum atomic E-state index is -1.12. The number of piperidine rings is 2. The quantitative estimate of drug-likeness (QED) is 0.151. The summed E-state index contributed by atoms with van der Waals surface area (Å²) in [6.45, 7) is 5.21. The SMILES string of the molecule is CC(=O)OC1CC(CC(C)O)CC#CC2CC3c4c(ccc(O)c4OCC3C3(CO)CCCC3)C2C2(CCNCC2)C2OC(=O)C34CCCCC3CC3(CCCC3CCC12)C(=O)N4. The highest BCUT2D eigenvalue weighted by atomic mass is 16.6. The van der Waals surface area contributed by atoms with Crippen LogP contribution in [0.1, 0.15) is 165 Å². The van der Waals surface area contributed by atoms with Gasteiger partial charge in [-0.3, -0.25) is 9.59 Å². The first-order valence-corrected chi connectivity index (χ1v) is 25.1. The summed E-state index contributed by atoms with van der Waals surface area (Å²) >= 11 is 0. The van der Waals surface area contributed by atoms with Gasteiger partial charge in [0.1, 0.15) is 17.7 Å². The zero-order valence-electron chi connectivity index (χ0n) is 37.8. The normalized spacial score (nSPS) is 40.6. The number of benzene rings is 1. The van der Waals surface area contributed by atoms with Gasteiger partial charge in [0.05, 0.1) is 18.1 Å². The maximum Gasteiger partial charge on any atom is 0.332 e. The fourth-order valence-corrected chi connectivity index (χ4v) is 16.4. The number of rotatable bonds is 5. The lowest BCUT2D eigenvalue weighted by Crippen LogP contribution is -2.69. The molecule has 5 heterocycles. The van der Waals surface area contributed by atoms with Crippen molar-refractivity contribution < 1.29 is 43.9 Å². The monoisotopic (exact) mass is 869 g/mol. The van der Waals surface area contributed by atoms with Crippen molar-refractivity contribution in [1.29, 1.82) is 0 Å². The van der Waals surface area contributed by atoms with Crippen molar-refractivity contribution in [2.24, 2.45) is 51.8 Å². The van der Waals surface area contributed by atoms with Crippen LogP contribution in [0.3, 0.4) is 0 Å². The van der Waals surface area contributed by atoms with Gasteiger partial charge in [-0.05, 0) is 145 Å². The van der Waals surface area contributed by atoms with Gasteiger partial charge in [0.15, 0.2) is 11.5 Å². The lowest BCUT2D eigenvalue weighted by molar-refractivity contribution is -0.192. The Morgan fingerprint density at radius 1 is 0.968 bits per heavy atom. The molecule has 10 aliphatic rings. The molecule has 2 bridgehead atoms. The van der Waals surface area contributed by atoms with Crippen molar-refractivity contribution in [3.8, 4) is 23.3 Å². The molecule has 11 heteroatoms. The number of phenolic OH excluding ortho intramolecular Hbond substituents is 1. The topological polar surface area (TPSA) is 164 Å². The third-order valence-corrected chi connectivity index (χ3v) is 19.1. The average Bonchev–Trinajstić information content (AvgIpc) is 3.92. The van der Waals surface area contributed by atoms with E-state index in [1.54, 1.807) is 6.07 Å². The van der Waals surface area contributed by atoms with E-state index < -0.39 is 34.7 Å². The smallest absolute Gasteiger partial charge is 0.332 e. The van der Waals surface area contributed by atoms with Crippen molar-refractivity contribution in [2.75, 3.05) is 26.3 Å². The van der Waals surface area contributed by atoms with Gasteiger partial charge in [0.2, 0.25) is 5.91 Å². The van der Waals surface area contributed by atoms with Gasteiger partial charge in [-0.25, -0.2) is 4.79 Å². The van der Waals surface area contributed by atoms with Gasteiger partial charge in [-0.1, -0.05) is 44.1 Å². The molecule has 3 saturated carbocycles. The maximum atomic E-state index is 15.8. The van der Waals surface area contributed by atoms with Gasteiger partial charge >= 0.3 is 11.9 Å². The Kier molecular flexibility index (Phi) is 11.6. The minimum absolute atomic E-state index is 0.000387. The highest BCUT2D eigenvalue weighted by Crippen LogP contribution is 2.66. The van der Waals surface area contributed by atoms with Crippen LogP contribution >= 0.6 is 0 Å². The average molecular weight is 869 g/mol. The first kappa shape index (κ1) is 43.6. The molecule has 0 aromatic heterocycles. The zero-order chi connectivity index (χ0) is 43.7.